The molecule has 3 nitrogen and oxygen atoms in total. The van der Waals surface area contributed by atoms with Crippen molar-refractivity contribution in [1.29, 1.82) is 0 Å². The number of carbonyl (C=O) groups excluding carboxylic acids is 1. The van der Waals surface area contributed by atoms with Gasteiger partial charge in [-0.15, -0.1) is 0 Å². The van der Waals surface area contributed by atoms with Crippen molar-refractivity contribution in [2.75, 3.05) is 5.32 Å². The van der Waals surface area contributed by atoms with Crippen LogP contribution in [0.5, 0.6) is 5.75 Å². The lowest BCUT2D eigenvalue weighted by molar-refractivity contribution is -0.122. The monoisotopic (exact) mass is 339 g/mol. The Morgan fingerprint density at radius 1 is 1.08 bits per heavy atom. The fraction of sp³-hybridized carbons (Fsp3) is 0.409. The van der Waals surface area contributed by atoms with E-state index in [-0.39, 0.29) is 5.91 Å². The summed E-state index contributed by atoms with van der Waals surface area (Å²) in [5, 5.41) is 3.09. The van der Waals surface area contributed by atoms with E-state index in [9.17, 15) is 4.79 Å². The Bertz CT molecular complexity index is 743. The number of nitrogens with one attached hydrogen (secondary N) is 1. The molecular formula is C22H29NO2. The number of anilines is 1. The maximum atomic E-state index is 12.7. The molecule has 0 aromatic heterocycles. The van der Waals surface area contributed by atoms with Gasteiger partial charge in [-0.3, -0.25) is 4.79 Å². The second-order valence-corrected chi connectivity index (χ2v) is 6.61. The van der Waals surface area contributed by atoms with E-state index >= 15 is 0 Å². The van der Waals surface area contributed by atoms with Crippen LogP contribution in [-0.2, 0) is 17.6 Å². The molecule has 1 N–H and O–H groups in total. The van der Waals surface area contributed by atoms with Crippen molar-refractivity contribution in [3.8, 4) is 5.75 Å². The molecule has 0 spiro atoms. The van der Waals surface area contributed by atoms with Gasteiger partial charge in [0.15, 0.2) is 6.10 Å². The van der Waals surface area contributed by atoms with Crippen molar-refractivity contribution in [2.45, 2.75) is 60.5 Å². The normalized spacial score (nSPS) is 11.9. The molecule has 134 valence electrons. The second kappa shape index (κ2) is 8.19. The van der Waals surface area contributed by atoms with Gasteiger partial charge in [0.2, 0.25) is 0 Å². The fourth-order valence-electron chi connectivity index (χ4n) is 3.00. The van der Waals surface area contributed by atoms with Crippen LogP contribution in [-0.4, -0.2) is 12.0 Å². The lowest BCUT2D eigenvalue weighted by Crippen LogP contribution is -2.31. The summed E-state index contributed by atoms with van der Waals surface area (Å²) in [6.07, 6.45) is 1.21. The van der Waals surface area contributed by atoms with Gasteiger partial charge in [-0.2, -0.15) is 0 Å². The number of hydrogen-bond acceptors (Lipinski definition) is 2. The van der Waals surface area contributed by atoms with Gasteiger partial charge in [-0.1, -0.05) is 38.1 Å². The number of para-hydroxylation sites is 1. The Balaban J connectivity index is 2.20. The summed E-state index contributed by atoms with van der Waals surface area (Å²) in [5.41, 5.74) is 6.63. The Hall–Kier alpha value is -2.29. The standard InChI is InChI=1S/C22H29NO2/c1-7-18-10-9-11-19(8-2)21(18)23-22(24)17(6)25-20-13-14(3)12-15(4)16(20)5/h9-13,17H,7-8H2,1-6H3,(H,23,24)/t17-/m1/s1. The van der Waals surface area contributed by atoms with Gasteiger partial charge in [0.05, 0.1) is 0 Å². The summed E-state index contributed by atoms with van der Waals surface area (Å²) in [5.74, 6) is 0.661. The molecule has 0 aliphatic rings. The third kappa shape index (κ3) is 4.41. The summed E-state index contributed by atoms with van der Waals surface area (Å²) >= 11 is 0. The largest absolute Gasteiger partial charge is 0.481 e. The van der Waals surface area contributed by atoms with Crippen LogP contribution in [0.4, 0.5) is 5.69 Å². The molecule has 0 bridgehead atoms. The molecule has 0 unspecified atom stereocenters. The van der Waals surface area contributed by atoms with Gasteiger partial charge in [0.1, 0.15) is 5.75 Å². The average molecular weight is 339 g/mol. The van der Waals surface area contributed by atoms with E-state index < -0.39 is 6.10 Å². The third-order valence-electron chi connectivity index (χ3n) is 4.68. The number of rotatable bonds is 6. The molecule has 0 aliphatic heterocycles. The van der Waals surface area contributed by atoms with Crippen molar-refractivity contribution >= 4 is 11.6 Å². The molecule has 2 rings (SSSR count). The molecule has 2 aromatic carbocycles. The van der Waals surface area contributed by atoms with Crippen molar-refractivity contribution in [3.05, 3.63) is 58.1 Å². The number of aryl methyl sites for hydroxylation is 4. The summed E-state index contributed by atoms with van der Waals surface area (Å²) in [6, 6.07) is 10.3. The Labute approximate surface area is 151 Å². The van der Waals surface area contributed by atoms with E-state index in [2.05, 4.69) is 44.3 Å². The van der Waals surface area contributed by atoms with E-state index in [0.717, 1.165) is 46.5 Å². The van der Waals surface area contributed by atoms with Crippen molar-refractivity contribution in [1.82, 2.24) is 0 Å². The zero-order valence-electron chi connectivity index (χ0n) is 16.2. The lowest BCUT2D eigenvalue weighted by atomic mass is 10.0. The Kier molecular flexibility index (Phi) is 6.24. The van der Waals surface area contributed by atoms with E-state index in [4.69, 9.17) is 4.74 Å². The first kappa shape index (κ1) is 19.0. The SMILES string of the molecule is CCc1cccc(CC)c1NC(=O)[C@@H](C)Oc1cc(C)cc(C)c1C. The smallest absolute Gasteiger partial charge is 0.265 e. The average Bonchev–Trinajstić information content (AvgIpc) is 2.59. The van der Waals surface area contributed by atoms with Crippen LogP contribution >= 0.6 is 0 Å². The minimum absolute atomic E-state index is 0.117. The zero-order valence-corrected chi connectivity index (χ0v) is 16.2. The molecule has 1 amide bonds. The van der Waals surface area contributed by atoms with Crippen LogP contribution < -0.4 is 10.1 Å². The van der Waals surface area contributed by atoms with Crippen molar-refractivity contribution < 1.29 is 9.53 Å². The van der Waals surface area contributed by atoms with Crippen LogP contribution in [0.25, 0.3) is 0 Å². The molecule has 0 saturated heterocycles. The van der Waals surface area contributed by atoms with Crippen LogP contribution in [0, 0.1) is 20.8 Å². The molecule has 25 heavy (non-hydrogen) atoms. The highest BCUT2D eigenvalue weighted by atomic mass is 16.5. The molecule has 2 aromatic rings. The zero-order chi connectivity index (χ0) is 18.6. The number of carbonyl (C=O) groups is 1. The molecule has 0 aliphatic carbocycles. The molecule has 0 fully saturated rings. The van der Waals surface area contributed by atoms with Crippen molar-refractivity contribution in [3.63, 3.8) is 0 Å². The predicted octanol–water partition coefficient (Wildman–Crippen LogP) is 5.14. The molecule has 0 heterocycles. The highest BCUT2D eigenvalue weighted by molar-refractivity contribution is 5.95. The molecule has 0 radical (unpaired) electrons. The van der Waals surface area contributed by atoms with Gasteiger partial charge >= 0.3 is 0 Å². The Morgan fingerprint density at radius 3 is 2.24 bits per heavy atom. The Morgan fingerprint density at radius 2 is 1.68 bits per heavy atom. The number of amides is 1. The van der Waals surface area contributed by atoms with Gasteiger partial charge < -0.3 is 10.1 Å². The molecule has 1 atom stereocenters. The fourth-order valence-corrected chi connectivity index (χ4v) is 3.00. The van der Waals surface area contributed by atoms with E-state index in [1.165, 1.54) is 5.56 Å². The van der Waals surface area contributed by atoms with Gasteiger partial charge in [-0.25, -0.2) is 0 Å². The highest BCUT2D eigenvalue weighted by Gasteiger charge is 2.19. The highest BCUT2D eigenvalue weighted by Crippen LogP contribution is 2.26. The lowest BCUT2D eigenvalue weighted by Gasteiger charge is -2.20. The summed E-state index contributed by atoms with van der Waals surface area (Å²) < 4.78 is 5.98. The molecule has 3 heteroatoms. The van der Waals surface area contributed by atoms with Crippen LogP contribution in [0.3, 0.4) is 0 Å². The summed E-state index contributed by atoms with van der Waals surface area (Å²) in [7, 11) is 0. The van der Waals surface area contributed by atoms with E-state index in [1.807, 2.05) is 26.0 Å². The molecule has 0 saturated carbocycles. The number of ether oxygens (including phenoxy) is 1. The van der Waals surface area contributed by atoms with Crippen molar-refractivity contribution in [2.24, 2.45) is 0 Å². The minimum Gasteiger partial charge on any atom is -0.481 e. The van der Waals surface area contributed by atoms with Crippen LogP contribution in [0.1, 0.15) is 48.6 Å². The first-order valence-electron chi connectivity index (χ1n) is 9.03. The first-order chi connectivity index (χ1) is 11.9. The number of hydrogen-bond donors (Lipinski definition) is 1. The quantitative estimate of drug-likeness (QED) is 0.791. The second-order valence-electron chi connectivity index (χ2n) is 6.61. The van der Waals surface area contributed by atoms with Gasteiger partial charge in [0.25, 0.3) is 5.91 Å². The third-order valence-corrected chi connectivity index (χ3v) is 4.68. The maximum Gasteiger partial charge on any atom is 0.265 e. The van der Waals surface area contributed by atoms with Crippen LogP contribution in [0.2, 0.25) is 0 Å². The first-order valence-corrected chi connectivity index (χ1v) is 9.03. The summed E-state index contributed by atoms with van der Waals surface area (Å²) in [6.45, 7) is 12.1. The van der Waals surface area contributed by atoms with Gasteiger partial charge in [-0.05, 0) is 74.4 Å². The van der Waals surface area contributed by atoms with Gasteiger partial charge in [0, 0.05) is 5.69 Å². The van der Waals surface area contributed by atoms with E-state index in [1.54, 1.807) is 6.92 Å². The minimum atomic E-state index is -0.561. The van der Waals surface area contributed by atoms with Crippen LogP contribution in [0.15, 0.2) is 30.3 Å². The topological polar surface area (TPSA) is 38.3 Å². The van der Waals surface area contributed by atoms with E-state index in [0.29, 0.717) is 0 Å². The predicted molar refractivity (Wildman–Crippen MR) is 105 cm³/mol. The maximum absolute atomic E-state index is 12.7. The summed E-state index contributed by atoms with van der Waals surface area (Å²) in [4.78, 5) is 12.7. The molecular weight excluding hydrogens is 310 g/mol. The number of benzene rings is 2.